The molecule has 2 N–H and O–H groups in total. The van der Waals surface area contributed by atoms with Crippen LogP contribution in [0.5, 0.6) is 0 Å². The van der Waals surface area contributed by atoms with Gasteiger partial charge in [-0.15, -0.1) is 0 Å². The molecule has 106 valence electrons. The molecule has 0 bridgehead atoms. The Hall–Kier alpha value is -1.56. The summed E-state index contributed by atoms with van der Waals surface area (Å²) < 4.78 is 1.80. The number of hydrogen-bond acceptors (Lipinski definition) is 4. The van der Waals surface area contributed by atoms with Crippen molar-refractivity contribution >= 4 is 11.6 Å². The molecule has 1 aromatic rings. The summed E-state index contributed by atoms with van der Waals surface area (Å²) in [6.45, 7) is 5.25. The van der Waals surface area contributed by atoms with Gasteiger partial charge in [-0.05, 0) is 13.3 Å². The van der Waals surface area contributed by atoms with E-state index in [-0.39, 0.29) is 11.9 Å². The third-order valence-corrected chi connectivity index (χ3v) is 3.50. The molecule has 1 atom stereocenters. The van der Waals surface area contributed by atoms with Crippen LogP contribution in [-0.4, -0.2) is 52.8 Å². The number of nitrogens with zero attached hydrogens (tertiary/aromatic N) is 4. The Morgan fingerprint density at radius 1 is 1.42 bits per heavy atom. The number of carbonyl (C=O) groups excluding carboxylic acids is 1. The smallest absolute Gasteiger partial charge is 0.222 e. The van der Waals surface area contributed by atoms with Crippen LogP contribution in [0, 0.1) is 0 Å². The molecule has 0 aliphatic carbocycles. The quantitative estimate of drug-likeness (QED) is 0.844. The molecule has 1 aliphatic rings. The highest BCUT2D eigenvalue weighted by molar-refractivity contribution is 5.76. The fourth-order valence-electron chi connectivity index (χ4n) is 2.29. The van der Waals surface area contributed by atoms with Crippen molar-refractivity contribution in [3.8, 4) is 0 Å². The van der Waals surface area contributed by atoms with E-state index in [1.165, 1.54) is 0 Å². The Morgan fingerprint density at radius 3 is 2.63 bits per heavy atom. The minimum Gasteiger partial charge on any atom is -0.365 e. The molecular weight excluding hydrogens is 242 g/mol. The van der Waals surface area contributed by atoms with Crippen LogP contribution in [0.3, 0.4) is 0 Å². The van der Waals surface area contributed by atoms with E-state index < -0.39 is 0 Å². The van der Waals surface area contributed by atoms with Gasteiger partial charge in [-0.1, -0.05) is 0 Å². The Labute approximate surface area is 114 Å². The normalized spacial score (nSPS) is 17.6. The van der Waals surface area contributed by atoms with Crippen LogP contribution in [0.25, 0.3) is 0 Å². The monoisotopic (exact) mass is 265 g/mol. The molecule has 6 nitrogen and oxygen atoms in total. The molecule has 1 unspecified atom stereocenters. The lowest BCUT2D eigenvalue weighted by atomic mass is 10.1. The first-order valence-corrected chi connectivity index (χ1v) is 6.83. The minimum atomic E-state index is 0.0978. The van der Waals surface area contributed by atoms with Gasteiger partial charge in [0.1, 0.15) is 0 Å². The van der Waals surface area contributed by atoms with Gasteiger partial charge in [0.25, 0.3) is 0 Å². The molecule has 1 aromatic heterocycles. The maximum atomic E-state index is 12.0. The fraction of sp³-hybridized carbons (Fsp3) is 0.692. The Morgan fingerprint density at radius 2 is 2.11 bits per heavy atom. The second-order valence-electron chi connectivity index (χ2n) is 5.26. The molecule has 0 spiro atoms. The summed E-state index contributed by atoms with van der Waals surface area (Å²) in [5, 5.41) is 4.18. The third-order valence-electron chi connectivity index (χ3n) is 3.50. The molecule has 1 saturated heterocycles. The largest absolute Gasteiger partial charge is 0.365 e. The van der Waals surface area contributed by atoms with Gasteiger partial charge >= 0.3 is 0 Å². The maximum Gasteiger partial charge on any atom is 0.222 e. The molecule has 1 aliphatic heterocycles. The number of piperazine rings is 1. The van der Waals surface area contributed by atoms with E-state index in [4.69, 9.17) is 5.73 Å². The topological polar surface area (TPSA) is 67.4 Å². The van der Waals surface area contributed by atoms with Crippen LogP contribution in [0.15, 0.2) is 12.4 Å². The van der Waals surface area contributed by atoms with E-state index in [9.17, 15) is 4.79 Å². The van der Waals surface area contributed by atoms with Gasteiger partial charge in [-0.3, -0.25) is 9.48 Å². The lowest BCUT2D eigenvalue weighted by Gasteiger charge is -2.35. The minimum absolute atomic E-state index is 0.0978. The zero-order chi connectivity index (χ0) is 13.8. The molecule has 19 heavy (non-hydrogen) atoms. The van der Waals surface area contributed by atoms with Crippen molar-refractivity contribution in [1.82, 2.24) is 14.7 Å². The number of carbonyl (C=O) groups is 1. The number of nitrogens with two attached hydrogens (primary N) is 1. The van der Waals surface area contributed by atoms with E-state index in [1.54, 1.807) is 4.68 Å². The van der Waals surface area contributed by atoms with Crippen molar-refractivity contribution < 1.29 is 4.79 Å². The molecule has 1 fully saturated rings. The Bertz CT molecular complexity index is 420. The summed E-state index contributed by atoms with van der Waals surface area (Å²) in [6.07, 6.45) is 5.20. The van der Waals surface area contributed by atoms with Crippen molar-refractivity contribution in [2.75, 3.05) is 31.1 Å². The zero-order valence-electron chi connectivity index (χ0n) is 11.7. The number of amides is 1. The van der Waals surface area contributed by atoms with Gasteiger partial charge in [0.15, 0.2) is 0 Å². The standard InChI is InChI=1S/C13H23N5O/c1-11(14)3-4-13(19)18-7-5-17(6-8-18)12-9-15-16(2)10-12/h9-11H,3-8,14H2,1-2H3. The molecule has 0 aromatic carbocycles. The van der Waals surface area contributed by atoms with Crippen LogP contribution in [0.4, 0.5) is 5.69 Å². The fourth-order valence-corrected chi connectivity index (χ4v) is 2.29. The van der Waals surface area contributed by atoms with Gasteiger partial charge in [-0.25, -0.2) is 0 Å². The highest BCUT2D eigenvalue weighted by Crippen LogP contribution is 2.15. The van der Waals surface area contributed by atoms with E-state index in [2.05, 4.69) is 10.00 Å². The number of hydrogen-bond donors (Lipinski definition) is 1. The van der Waals surface area contributed by atoms with Gasteiger partial charge in [0.2, 0.25) is 5.91 Å². The predicted molar refractivity (Wildman–Crippen MR) is 74.9 cm³/mol. The summed E-state index contributed by atoms with van der Waals surface area (Å²) >= 11 is 0. The van der Waals surface area contributed by atoms with E-state index in [1.807, 2.05) is 31.3 Å². The Kier molecular flexibility index (Phi) is 4.42. The van der Waals surface area contributed by atoms with Crippen LogP contribution in [-0.2, 0) is 11.8 Å². The van der Waals surface area contributed by atoms with E-state index >= 15 is 0 Å². The number of aryl methyl sites for hydroxylation is 1. The lowest BCUT2D eigenvalue weighted by Crippen LogP contribution is -2.48. The first kappa shape index (κ1) is 13.9. The van der Waals surface area contributed by atoms with Gasteiger partial charge in [0, 0.05) is 51.9 Å². The summed E-state index contributed by atoms with van der Waals surface area (Å²) in [6, 6.07) is 0.0978. The number of aromatic nitrogens is 2. The van der Waals surface area contributed by atoms with Crippen molar-refractivity contribution in [2.45, 2.75) is 25.8 Å². The second-order valence-corrected chi connectivity index (χ2v) is 5.26. The predicted octanol–water partition coefficient (Wildman–Crippen LogP) is 0.196. The van der Waals surface area contributed by atoms with Crippen LogP contribution < -0.4 is 10.6 Å². The number of anilines is 1. The van der Waals surface area contributed by atoms with Gasteiger partial charge in [0.05, 0.1) is 11.9 Å². The highest BCUT2D eigenvalue weighted by atomic mass is 16.2. The highest BCUT2D eigenvalue weighted by Gasteiger charge is 2.21. The molecule has 2 heterocycles. The zero-order valence-corrected chi connectivity index (χ0v) is 11.7. The summed E-state index contributed by atoms with van der Waals surface area (Å²) in [7, 11) is 1.91. The Balaban J connectivity index is 1.80. The van der Waals surface area contributed by atoms with Crippen molar-refractivity contribution in [2.24, 2.45) is 12.8 Å². The van der Waals surface area contributed by atoms with Crippen LogP contribution >= 0.6 is 0 Å². The lowest BCUT2D eigenvalue weighted by molar-refractivity contribution is -0.131. The van der Waals surface area contributed by atoms with Crippen LogP contribution in [0.1, 0.15) is 19.8 Å². The van der Waals surface area contributed by atoms with E-state index in [0.29, 0.717) is 6.42 Å². The van der Waals surface area contributed by atoms with E-state index in [0.717, 1.165) is 38.3 Å². The van der Waals surface area contributed by atoms with Crippen molar-refractivity contribution in [3.05, 3.63) is 12.4 Å². The summed E-state index contributed by atoms with van der Waals surface area (Å²) in [5.41, 5.74) is 6.81. The van der Waals surface area contributed by atoms with Crippen molar-refractivity contribution in [3.63, 3.8) is 0 Å². The molecule has 0 saturated carbocycles. The molecule has 2 rings (SSSR count). The molecule has 6 heteroatoms. The molecule has 1 amide bonds. The summed E-state index contributed by atoms with van der Waals surface area (Å²) in [5.74, 6) is 0.225. The average molecular weight is 265 g/mol. The van der Waals surface area contributed by atoms with Gasteiger partial charge in [-0.2, -0.15) is 5.10 Å². The summed E-state index contributed by atoms with van der Waals surface area (Å²) in [4.78, 5) is 16.2. The molecule has 0 radical (unpaired) electrons. The van der Waals surface area contributed by atoms with Crippen LogP contribution in [0.2, 0.25) is 0 Å². The SMILES string of the molecule is CC(N)CCC(=O)N1CCN(c2cnn(C)c2)CC1. The van der Waals surface area contributed by atoms with Gasteiger partial charge < -0.3 is 15.5 Å². The third kappa shape index (κ3) is 3.70. The van der Waals surface area contributed by atoms with Crippen molar-refractivity contribution in [1.29, 1.82) is 0 Å². The second kappa shape index (κ2) is 6.06. The average Bonchev–Trinajstić information content (AvgIpc) is 2.83. The maximum absolute atomic E-state index is 12.0. The first-order valence-electron chi connectivity index (χ1n) is 6.83. The first-order chi connectivity index (χ1) is 9.06. The number of rotatable bonds is 4. The molecular formula is C13H23N5O.